The van der Waals surface area contributed by atoms with Gasteiger partial charge in [-0.1, -0.05) is 0 Å². The van der Waals surface area contributed by atoms with Gasteiger partial charge in [-0.2, -0.15) is 0 Å². The lowest BCUT2D eigenvalue weighted by Gasteiger charge is -2.17. The van der Waals surface area contributed by atoms with E-state index in [4.69, 9.17) is 5.41 Å². The first-order chi connectivity index (χ1) is 13.1. The Kier molecular flexibility index (Phi) is 5.91. The van der Waals surface area contributed by atoms with E-state index in [0.29, 0.717) is 21.9 Å². The van der Waals surface area contributed by atoms with Gasteiger partial charge in [-0.15, -0.1) is 11.8 Å². The zero-order chi connectivity index (χ0) is 20.6. The van der Waals surface area contributed by atoms with Crippen molar-refractivity contribution in [2.45, 2.75) is 42.4 Å². The third-order valence-corrected chi connectivity index (χ3v) is 7.85. The molecule has 6 nitrogen and oxygen atoms in total. The maximum atomic E-state index is 12.4. The van der Waals surface area contributed by atoms with Gasteiger partial charge in [0.15, 0.2) is 9.84 Å². The molecule has 28 heavy (non-hydrogen) atoms. The molecular formula is C20H26N2O4S2. The van der Waals surface area contributed by atoms with Crippen LogP contribution < -0.4 is 5.32 Å². The fraction of sp³-hybridized carbons (Fsp3) is 0.500. The van der Waals surface area contributed by atoms with Gasteiger partial charge in [-0.05, 0) is 56.2 Å². The van der Waals surface area contributed by atoms with Gasteiger partial charge in [0.25, 0.3) is 5.91 Å². The van der Waals surface area contributed by atoms with Crippen molar-refractivity contribution in [3.63, 3.8) is 0 Å². The van der Waals surface area contributed by atoms with Gasteiger partial charge in [0.05, 0.1) is 10.6 Å². The van der Waals surface area contributed by atoms with Crippen LogP contribution in [0.15, 0.2) is 27.5 Å². The van der Waals surface area contributed by atoms with Crippen LogP contribution in [-0.4, -0.2) is 44.2 Å². The zero-order valence-electron chi connectivity index (χ0n) is 16.3. The van der Waals surface area contributed by atoms with Gasteiger partial charge in [-0.3, -0.25) is 4.79 Å². The number of benzene rings is 1. The summed E-state index contributed by atoms with van der Waals surface area (Å²) in [5.74, 6) is 0.662. The Hall–Kier alpha value is -1.80. The number of hydrogen-bond donors (Lipinski definition) is 3. The molecule has 1 aromatic rings. The lowest BCUT2D eigenvalue weighted by atomic mass is 9.98. The van der Waals surface area contributed by atoms with Crippen LogP contribution in [0.25, 0.3) is 5.76 Å². The summed E-state index contributed by atoms with van der Waals surface area (Å²) < 4.78 is 24.5. The Morgan fingerprint density at radius 2 is 1.93 bits per heavy atom. The van der Waals surface area contributed by atoms with Crippen LogP contribution in [0.5, 0.6) is 0 Å². The Morgan fingerprint density at radius 1 is 1.29 bits per heavy atom. The lowest BCUT2D eigenvalue weighted by molar-refractivity contribution is -0.116. The molecule has 0 atom stereocenters. The molecule has 0 bridgehead atoms. The number of amides is 1. The average Bonchev–Trinajstić information content (AvgIpc) is 3.52. The molecule has 0 saturated heterocycles. The second kappa shape index (κ2) is 7.91. The molecule has 1 amide bonds. The molecule has 1 aromatic carbocycles. The summed E-state index contributed by atoms with van der Waals surface area (Å²) in [5, 5.41) is 21.7. The molecule has 0 unspecified atom stereocenters. The molecule has 3 N–H and O–H groups in total. The van der Waals surface area contributed by atoms with Crippen molar-refractivity contribution < 1.29 is 18.3 Å². The minimum Gasteiger partial charge on any atom is -0.506 e. The predicted octanol–water partition coefficient (Wildman–Crippen LogP) is 3.35. The zero-order valence-corrected chi connectivity index (χ0v) is 18.0. The largest absolute Gasteiger partial charge is 0.506 e. The topological polar surface area (TPSA) is 107 Å². The standard InChI is InChI=1S/C20H26N2O4S2/c1-11-14(18(23)16(20(24)22-2)17(21)13-6-7-13)8-9-15(28(3,25)26)19(11)27-10-12-4-5-12/h8-9,12-13,21,23H,4-7,10H2,1-3H3,(H,22,24). The summed E-state index contributed by atoms with van der Waals surface area (Å²) >= 11 is 1.49. The van der Waals surface area contributed by atoms with E-state index in [-0.39, 0.29) is 27.9 Å². The predicted molar refractivity (Wildman–Crippen MR) is 112 cm³/mol. The van der Waals surface area contributed by atoms with Crippen molar-refractivity contribution in [3.05, 3.63) is 28.8 Å². The second-order valence-electron chi connectivity index (χ2n) is 7.58. The van der Waals surface area contributed by atoms with Crippen molar-refractivity contribution in [1.82, 2.24) is 5.32 Å². The van der Waals surface area contributed by atoms with Crippen LogP contribution in [-0.2, 0) is 14.6 Å². The first kappa shape index (κ1) is 20.9. The van der Waals surface area contributed by atoms with Crippen molar-refractivity contribution >= 4 is 39.0 Å². The van der Waals surface area contributed by atoms with Gasteiger partial charge in [-0.25, -0.2) is 8.42 Å². The van der Waals surface area contributed by atoms with E-state index in [1.807, 2.05) is 0 Å². The molecule has 0 spiro atoms. The summed E-state index contributed by atoms with van der Waals surface area (Å²) in [6.45, 7) is 1.76. The average molecular weight is 423 g/mol. The van der Waals surface area contributed by atoms with Crippen LogP contribution >= 0.6 is 11.8 Å². The fourth-order valence-corrected chi connectivity index (χ4v) is 5.78. The molecule has 3 rings (SSSR count). The summed E-state index contributed by atoms with van der Waals surface area (Å²) in [4.78, 5) is 13.2. The summed E-state index contributed by atoms with van der Waals surface area (Å²) in [7, 11) is -1.96. The van der Waals surface area contributed by atoms with Gasteiger partial charge < -0.3 is 15.8 Å². The maximum absolute atomic E-state index is 12.4. The fourth-order valence-electron chi connectivity index (χ4n) is 3.07. The van der Waals surface area contributed by atoms with Crippen LogP contribution in [0.4, 0.5) is 0 Å². The summed E-state index contributed by atoms with van der Waals surface area (Å²) in [6.07, 6.45) is 5.16. The van der Waals surface area contributed by atoms with E-state index in [1.54, 1.807) is 6.92 Å². The first-order valence-electron chi connectivity index (χ1n) is 9.36. The monoisotopic (exact) mass is 422 g/mol. The van der Waals surface area contributed by atoms with E-state index in [2.05, 4.69) is 5.32 Å². The molecular weight excluding hydrogens is 396 g/mol. The van der Waals surface area contributed by atoms with Crippen molar-refractivity contribution in [3.8, 4) is 0 Å². The number of sulfone groups is 1. The Bertz CT molecular complexity index is 959. The number of aliphatic hydroxyl groups is 1. The molecule has 152 valence electrons. The molecule has 2 saturated carbocycles. The number of carbonyl (C=O) groups excluding carboxylic acids is 1. The maximum Gasteiger partial charge on any atom is 0.256 e. The first-order valence-corrected chi connectivity index (χ1v) is 12.2. The normalized spacial score (nSPS) is 17.8. The van der Waals surface area contributed by atoms with Gasteiger partial charge in [0, 0.05) is 35.4 Å². The summed E-state index contributed by atoms with van der Waals surface area (Å²) in [6, 6.07) is 3.02. The van der Waals surface area contributed by atoms with E-state index >= 15 is 0 Å². The van der Waals surface area contributed by atoms with Gasteiger partial charge >= 0.3 is 0 Å². The molecule has 2 fully saturated rings. The minimum atomic E-state index is -3.43. The molecule has 2 aliphatic carbocycles. The molecule has 0 radical (unpaired) electrons. The number of thioether (sulfide) groups is 1. The third kappa shape index (κ3) is 4.43. The summed E-state index contributed by atoms with van der Waals surface area (Å²) in [5.41, 5.74) is 1.12. The third-order valence-electron chi connectivity index (χ3n) is 5.13. The number of likely N-dealkylation sites (N-methyl/N-ethyl adjacent to an activating group) is 1. The highest BCUT2D eigenvalue weighted by Gasteiger charge is 2.34. The quantitative estimate of drug-likeness (QED) is 0.258. The molecule has 0 aliphatic heterocycles. The second-order valence-corrected chi connectivity index (χ2v) is 10.6. The van der Waals surface area contributed by atoms with E-state index in [0.717, 1.165) is 31.4 Å². The van der Waals surface area contributed by atoms with Crippen LogP contribution in [0, 0.1) is 24.2 Å². The lowest BCUT2D eigenvalue weighted by Crippen LogP contribution is -2.27. The number of carbonyl (C=O) groups is 1. The number of nitrogens with one attached hydrogen (secondary N) is 2. The molecule has 0 heterocycles. The Balaban J connectivity index is 2.12. The van der Waals surface area contributed by atoms with Gasteiger partial charge in [0.2, 0.25) is 0 Å². The van der Waals surface area contributed by atoms with Gasteiger partial charge in [0.1, 0.15) is 11.3 Å². The van der Waals surface area contributed by atoms with E-state index in [1.165, 1.54) is 37.2 Å². The van der Waals surface area contributed by atoms with Crippen LogP contribution in [0.3, 0.4) is 0 Å². The molecule has 0 aromatic heterocycles. The van der Waals surface area contributed by atoms with Crippen molar-refractivity contribution in [2.24, 2.45) is 11.8 Å². The molecule has 2 aliphatic rings. The number of rotatable bonds is 8. The highest BCUT2D eigenvalue weighted by Crippen LogP contribution is 2.41. The van der Waals surface area contributed by atoms with Crippen molar-refractivity contribution in [1.29, 1.82) is 5.41 Å². The Morgan fingerprint density at radius 3 is 2.43 bits per heavy atom. The smallest absolute Gasteiger partial charge is 0.256 e. The van der Waals surface area contributed by atoms with Crippen LogP contribution in [0.2, 0.25) is 0 Å². The highest BCUT2D eigenvalue weighted by molar-refractivity contribution is 8.00. The molecule has 8 heteroatoms. The van der Waals surface area contributed by atoms with E-state index in [9.17, 15) is 18.3 Å². The Labute approximate surface area is 170 Å². The SMILES string of the molecule is CNC(=O)C(C(=N)C1CC1)=C(O)c1ccc(S(C)(=O)=O)c(SCC2CC2)c1C. The minimum absolute atomic E-state index is 0.00578. The number of aliphatic hydroxyl groups excluding tert-OH is 1. The number of hydrogen-bond acceptors (Lipinski definition) is 6. The van der Waals surface area contributed by atoms with Crippen LogP contribution in [0.1, 0.15) is 36.8 Å². The van der Waals surface area contributed by atoms with Crippen molar-refractivity contribution in [2.75, 3.05) is 19.1 Å². The van der Waals surface area contributed by atoms with E-state index < -0.39 is 15.7 Å². The highest BCUT2D eigenvalue weighted by atomic mass is 32.2.